The molecule has 0 aliphatic heterocycles. The van der Waals surface area contributed by atoms with Crippen molar-refractivity contribution in [1.82, 2.24) is 10.2 Å². The highest BCUT2D eigenvalue weighted by atomic mass is 19.4. The van der Waals surface area contributed by atoms with Gasteiger partial charge in [0, 0.05) is 11.9 Å². The van der Waals surface area contributed by atoms with Crippen LogP contribution in [-0.4, -0.2) is 16.4 Å². The van der Waals surface area contributed by atoms with Gasteiger partial charge in [0.1, 0.15) is 17.5 Å². The summed E-state index contributed by atoms with van der Waals surface area (Å²) in [6, 6.07) is 15.8. The SMILES string of the molecule is N#Cc1c(N=Cc2ccc(C(F)(F)F)cc2)n[nH]c1Nc1ccccc1. The lowest BCUT2D eigenvalue weighted by Crippen LogP contribution is -2.04. The van der Waals surface area contributed by atoms with E-state index >= 15 is 0 Å². The number of aliphatic imine (C=N–C) groups is 1. The number of nitriles is 1. The lowest BCUT2D eigenvalue weighted by Gasteiger charge is -2.05. The second-order valence-corrected chi connectivity index (χ2v) is 5.28. The molecule has 0 saturated heterocycles. The molecular weight excluding hydrogens is 343 g/mol. The molecule has 0 bridgehead atoms. The van der Waals surface area contributed by atoms with Crippen molar-refractivity contribution in [2.24, 2.45) is 4.99 Å². The predicted molar refractivity (Wildman–Crippen MR) is 91.7 cm³/mol. The van der Waals surface area contributed by atoms with E-state index in [1.165, 1.54) is 18.3 Å². The van der Waals surface area contributed by atoms with Crippen molar-refractivity contribution in [3.05, 3.63) is 71.3 Å². The van der Waals surface area contributed by atoms with Crippen LogP contribution in [0.25, 0.3) is 0 Å². The number of rotatable bonds is 4. The summed E-state index contributed by atoms with van der Waals surface area (Å²) in [4.78, 5) is 4.09. The van der Waals surface area contributed by atoms with E-state index in [-0.39, 0.29) is 11.4 Å². The molecule has 0 aliphatic rings. The molecule has 0 fully saturated rings. The van der Waals surface area contributed by atoms with Crippen molar-refractivity contribution in [2.45, 2.75) is 6.18 Å². The van der Waals surface area contributed by atoms with Crippen LogP contribution in [0.15, 0.2) is 59.6 Å². The molecule has 2 N–H and O–H groups in total. The summed E-state index contributed by atoms with van der Waals surface area (Å²) < 4.78 is 37.7. The minimum Gasteiger partial charge on any atom is -0.339 e. The maximum absolute atomic E-state index is 12.6. The first-order valence-corrected chi connectivity index (χ1v) is 7.49. The van der Waals surface area contributed by atoms with Crippen LogP contribution < -0.4 is 5.32 Å². The highest BCUT2D eigenvalue weighted by Crippen LogP contribution is 2.29. The first kappa shape index (κ1) is 17.2. The van der Waals surface area contributed by atoms with Crippen LogP contribution >= 0.6 is 0 Å². The van der Waals surface area contributed by atoms with Crippen LogP contribution in [0.1, 0.15) is 16.7 Å². The minimum atomic E-state index is -4.39. The summed E-state index contributed by atoms with van der Waals surface area (Å²) in [5.74, 6) is 0.532. The van der Waals surface area contributed by atoms with Gasteiger partial charge in [-0.3, -0.25) is 5.10 Å². The Morgan fingerprint density at radius 1 is 1.08 bits per heavy atom. The van der Waals surface area contributed by atoms with E-state index in [1.54, 1.807) is 0 Å². The number of benzene rings is 2. The van der Waals surface area contributed by atoms with Gasteiger partial charge in [0.15, 0.2) is 5.82 Å². The molecule has 1 heterocycles. The summed E-state index contributed by atoms with van der Waals surface area (Å²) in [7, 11) is 0. The van der Waals surface area contributed by atoms with Crippen LogP contribution in [0.4, 0.5) is 30.5 Å². The van der Waals surface area contributed by atoms with E-state index in [0.717, 1.165) is 17.8 Å². The van der Waals surface area contributed by atoms with Gasteiger partial charge in [-0.05, 0) is 29.8 Å². The van der Waals surface area contributed by atoms with E-state index in [1.807, 2.05) is 36.4 Å². The van der Waals surface area contributed by atoms with E-state index in [2.05, 4.69) is 20.5 Å². The summed E-state index contributed by atoms with van der Waals surface area (Å²) in [5, 5.41) is 19.0. The van der Waals surface area contributed by atoms with Gasteiger partial charge in [-0.2, -0.15) is 23.5 Å². The van der Waals surface area contributed by atoms with Crippen molar-refractivity contribution in [1.29, 1.82) is 5.26 Å². The number of alkyl halides is 3. The molecule has 8 heteroatoms. The third-order valence-corrected chi connectivity index (χ3v) is 3.48. The first-order valence-electron chi connectivity index (χ1n) is 7.49. The van der Waals surface area contributed by atoms with Crippen LogP contribution in [0.5, 0.6) is 0 Å². The molecule has 26 heavy (non-hydrogen) atoms. The summed E-state index contributed by atoms with van der Waals surface area (Å²) in [6.45, 7) is 0. The smallest absolute Gasteiger partial charge is 0.339 e. The average molecular weight is 355 g/mol. The minimum absolute atomic E-state index is 0.144. The van der Waals surface area contributed by atoms with Gasteiger partial charge in [0.2, 0.25) is 0 Å². The number of aromatic nitrogens is 2. The fourth-order valence-corrected chi connectivity index (χ4v) is 2.18. The number of para-hydroxylation sites is 1. The monoisotopic (exact) mass is 355 g/mol. The van der Waals surface area contributed by atoms with Crippen molar-refractivity contribution in [3.8, 4) is 6.07 Å². The number of nitrogens with one attached hydrogen (secondary N) is 2. The van der Waals surface area contributed by atoms with Gasteiger partial charge in [0.05, 0.1) is 5.56 Å². The fraction of sp³-hybridized carbons (Fsp3) is 0.0556. The maximum Gasteiger partial charge on any atom is 0.416 e. The molecule has 130 valence electrons. The Morgan fingerprint density at radius 3 is 2.38 bits per heavy atom. The molecule has 3 rings (SSSR count). The lowest BCUT2D eigenvalue weighted by atomic mass is 10.1. The molecule has 0 radical (unpaired) electrons. The standard InChI is InChI=1S/C18H12F3N5/c19-18(20,21)13-8-6-12(7-9-13)11-23-16-15(10-22)17(26-25-16)24-14-4-2-1-3-5-14/h1-9,11H,(H2,24,25,26). The van der Waals surface area contributed by atoms with Gasteiger partial charge >= 0.3 is 6.18 Å². The largest absolute Gasteiger partial charge is 0.416 e. The Morgan fingerprint density at radius 2 is 1.77 bits per heavy atom. The third kappa shape index (κ3) is 3.89. The molecule has 0 aliphatic carbocycles. The summed E-state index contributed by atoms with van der Waals surface area (Å²) >= 11 is 0. The lowest BCUT2D eigenvalue weighted by molar-refractivity contribution is -0.137. The number of hydrogen-bond donors (Lipinski definition) is 2. The quantitative estimate of drug-likeness (QED) is 0.660. The van der Waals surface area contributed by atoms with Gasteiger partial charge in [-0.1, -0.05) is 30.3 Å². The topological polar surface area (TPSA) is 76.9 Å². The van der Waals surface area contributed by atoms with Crippen molar-refractivity contribution >= 4 is 23.5 Å². The van der Waals surface area contributed by atoms with E-state index in [9.17, 15) is 18.4 Å². The van der Waals surface area contributed by atoms with E-state index in [4.69, 9.17) is 0 Å². The molecule has 3 aromatic rings. The Labute approximate surface area is 146 Å². The second-order valence-electron chi connectivity index (χ2n) is 5.28. The summed E-state index contributed by atoms with van der Waals surface area (Å²) in [5.41, 5.74) is 0.701. The number of anilines is 2. The number of halogens is 3. The number of H-pyrrole nitrogens is 1. The zero-order valence-electron chi connectivity index (χ0n) is 13.2. The molecule has 0 spiro atoms. The second kappa shape index (κ2) is 7.11. The van der Waals surface area contributed by atoms with Crippen molar-refractivity contribution in [3.63, 3.8) is 0 Å². The molecule has 0 unspecified atom stereocenters. The van der Waals surface area contributed by atoms with Crippen LogP contribution in [-0.2, 0) is 6.18 Å². The Hall–Kier alpha value is -3.60. The highest BCUT2D eigenvalue weighted by molar-refractivity contribution is 5.83. The molecule has 0 amide bonds. The van der Waals surface area contributed by atoms with Gasteiger partial charge in [-0.15, -0.1) is 0 Å². The molecule has 0 saturated carbocycles. The van der Waals surface area contributed by atoms with Gasteiger partial charge in [-0.25, -0.2) is 4.99 Å². The average Bonchev–Trinajstić information content (AvgIpc) is 3.02. The molecule has 0 atom stereocenters. The van der Waals surface area contributed by atoms with Crippen molar-refractivity contribution < 1.29 is 13.2 Å². The van der Waals surface area contributed by atoms with Crippen LogP contribution in [0.3, 0.4) is 0 Å². The van der Waals surface area contributed by atoms with E-state index in [0.29, 0.717) is 11.4 Å². The first-order chi connectivity index (χ1) is 12.5. The number of nitrogens with zero attached hydrogens (tertiary/aromatic N) is 3. The Bertz CT molecular complexity index is 951. The molecule has 2 aromatic carbocycles. The number of hydrogen-bond acceptors (Lipinski definition) is 4. The third-order valence-electron chi connectivity index (χ3n) is 3.48. The summed E-state index contributed by atoms with van der Waals surface area (Å²) in [6.07, 6.45) is -3.03. The fourth-order valence-electron chi connectivity index (χ4n) is 2.18. The van der Waals surface area contributed by atoms with Gasteiger partial charge in [0.25, 0.3) is 0 Å². The van der Waals surface area contributed by atoms with E-state index < -0.39 is 11.7 Å². The number of aromatic amines is 1. The Kier molecular flexibility index (Phi) is 4.71. The van der Waals surface area contributed by atoms with Crippen LogP contribution in [0, 0.1) is 11.3 Å². The normalized spacial score (nSPS) is 11.5. The highest BCUT2D eigenvalue weighted by Gasteiger charge is 2.29. The van der Waals surface area contributed by atoms with Crippen LogP contribution in [0.2, 0.25) is 0 Å². The molecule has 1 aromatic heterocycles. The predicted octanol–water partition coefficient (Wildman–Crippen LogP) is 4.79. The maximum atomic E-state index is 12.6. The molecular formula is C18H12F3N5. The zero-order valence-corrected chi connectivity index (χ0v) is 13.2. The zero-order chi connectivity index (χ0) is 18.6. The van der Waals surface area contributed by atoms with Gasteiger partial charge < -0.3 is 5.32 Å². The molecule has 5 nitrogen and oxygen atoms in total. The Balaban J connectivity index is 1.80. The van der Waals surface area contributed by atoms with Crippen molar-refractivity contribution in [2.75, 3.05) is 5.32 Å².